The number of fused-ring (bicyclic) bond motifs is 1. The lowest BCUT2D eigenvalue weighted by Crippen LogP contribution is -2.47. The van der Waals surface area contributed by atoms with Crippen molar-refractivity contribution in [3.8, 4) is 0 Å². The van der Waals surface area contributed by atoms with Gasteiger partial charge in [-0.05, 0) is 44.2 Å². The molecule has 2 aromatic rings. The highest BCUT2D eigenvalue weighted by Gasteiger charge is 2.47. The molecule has 4 rings (SSSR count). The van der Waals surface area contributed by atoms with Crippen molar-refractivity contribution in [3.63, 3.8) is 0 Å². The van der Waals surface area contributed by atoms with Gasteiger partial charge in [-0.3, -0.25) is 5.32 Å². The Bertz CT molecular complexity index is 897. The second-order valence-electron chi connectivity index (χ2n) is 8.49. The van der Waals surface area contributed by atoms with Gasteiger partial charge in [-0.15, -0.1) is 0 Å². The summed E-state index contributed by atoms with van der Waals surface area (Å²) in [6, 6.07) is 5.61. The van der Waals surface area contributed by atoms with E-state index in [1.807, 2.05) is 22.9 Å². The zero-order valence-electron chi connectivity index (χ0n) is 16.5. The Morgan fingerprint density at radius 2 is 2.13 bits per heavy atom. The van der Waals surface area contributed by atoms with E-state index in [9.17, 15) is 23.4 Å². The standard InChI is InChI=1S/C21H26ClF3N2O3/c22-16-4-1-5-17-18(16)15(10-27(17)14-6-8-30-11-14)19(28)26-12-20(29)7-2-3-13(9-20)21(23,24)25/h1,4-5,10,13-14,19,26,28-29H,2-3,6-9,11-12H2/t13?,14?,19-,20?/m1/s1. The van der Waals surface area contributed by atoms with Crippen LogP contribution in [0, 0.1) is 5.92 Å². The van der Waals surface area contributed by atoms with Gasteiger partial charge in [0.1, 0.15) is 6.23 Å². The lowest BCUT2D eigenvalue weighted by atomic mass is 9.77. The van der Waals surface area contributed by atoms with Crippen molar-refractivity contribution in [2.75, 3.05) is 19.8 Å². The summed E-state index contributed by atoms with van der Waals surface area (Å²) in [5.74, 6) is -1.52. The maximum Gasteiger partial charge on any atom is 0.391 e. The SMILES string of the molecule is O[C@@H](NCC1(O)CCCC(C(F)(F)F)C1)c1cn(C2CCOC2)c2cccc(Cl)c12. The van der Waals surface area contributed by atoms with E-state index in [0.29, 0.717) is 35.6 Å². The molecule has 0 spiro atoms. The summed E-state index contributed by atoms with van der Waals surface area (Å²) >= 11 is 6.41. The number of aliphatic hydroxyl groups is 2. The number of alkyl halides is 3. The Morgan fingerprint density at radius 1 is 1.33 bits per heavy atom. The van der Waals surface area contributed by atoms with Crippen LogP contribution < -0.4 is 5.32 Å². The zero-order chi connectivity index (χ0) is 21.5. The Labute approximate surface area is 177 Å². The van der Waals surface area contributed by atoms with Gasteiger partial charge >= 0.3 is 6.18 Å². The summed E-state index contributed by atoms with van der Waals surface area (Å²) in [6.07, 6.45) is -2.61. The molecule has 0 bridgehead atoms. The lowest BCUT2D eigenvalue weighted by molar-refractivity contribution is -0.200. The van der Waals surface area contributed by atoms with Crippen molar-refractivity contribution in [2.24, 2.45) is 5.92 Å². The first-order valence-corrected chi connectivity index (χ1v) is 10.6. The number of benzene rings is 1. The maximum atomic E-state index is 13.1. The minimum atomic E-state index is -4.32. The topological polar surface area (TPSA) is 66.6 Å². The highest BCUT2D eigenvalue weighted by molar-refractivity contribution is 6.35. The van der Waals surface area contributed by atoms with Crippen molar-refractivity contribution >= 4 is 22.5 Å². The van der Waals surface area contributed by atoms with E-state index in [-0.39, 0.29) is 31.8 Å². The maximum absolute atomic E-state index is 13.1. The fourth-order valence-electron chi connectivity index (χ4n) is 4.73. The minimum Gasteiger partial charge on any atom is -0.389 e. The molecule has 1 aliphatic heterocycles. The third kappa shape index (κ3) is 4.34. The second kappa shape index (κ2) is 8.31. The number of hydrogen-bond donors (Lipinski definition) is 3. The van der Waals surface area contributed by atoms with E-state index in [2.05, 4.69) is 5.32 Å². The molecule has 9 heteroatoms. The molecule has 3 unspecified atom stereocenters. The van der Waals surface area contributed by atoms with Crippen LogP contribution in [-0.2, 0) is 4.74 Å². The fourth-order valence-corrected chi connectivity index (χ4v) is 5.00. The molecule has 1 aromatic heterocycles. The Balaban J connectivity index is 1.54. The van der Waals surface area contributed by atoms with Gasteiger partial charge in [0.15, 0.2) is 0 Å². The highest BCUT2D eigenvalue weighted by atomic mass is 35.5. The number of halogens is 4. The monoisotopic (exact) mass is 446 g/mol. The van der Waals surface area contributed by atoms with E-state index in [4.69, 9.17) is 16.3 Å². The van der Waals surface area contributed by atoms with E-state index in [1.165, 1.54) is 0 Å². The summed E-state index contributed by atoms with van der Waals surface area (Å²) < 4.78 is 46.8. The molecule has 1 saturated heterocycles. The summed E-state index contributed by atoms with van der Waals surface area (Å²) in [7, 11) is 0. The van der Waals surface area contributed by atoms with Gasteiger partial charge < -0.3 is 19.5 Å². The van der Waals surface area contributed by atoms with Gasteiger partial charge in [0.05, 0.1) is 34.7 Å². The van der Waals surface area contributed by atoms with Crippen LogP contribution in [0.25, 0.3) is 10.9 Å². The van der Waals surface area contributed by atoms with Gasteiger partial charge in [-0.1, -0.05) is 17.7 Å². The minimum absolute atomic E-state index is 0.0287. The molecule has 5 nitrogen and oxygen atoms in total. The first kappa shape index (κ1) is 21.9. The Hall–Kier alpha value is -1.32. The number of nitrogens with one attached hydrogen (secondary N) is 1. The van der Waals surface area contributed by atoms with Crippen LogP contribution >= 0.6 is 11.6 Å². The Kier molecular flexibility index (Phi) is 6.07. The summed E-state index contributed by atoms with van der Waals surface area (Å²) in [6.45, 7) is 1.09. The number of hydrogen-bond acceptors (Lipinski definition) is 4. The van der Waals surface area contributed by atoms with Crippen molar-refractivity contribution in [3.05, 3.63) is 35.0 Å². The molecule has 2 fully saturated rings. The van der Waals surface area contributed by atoms with Crippen LogP contribution in [0.1, 0.15) is 49.9 Å². The summed E-state index contributed by atoms with van der Waals surface area (Å²) in [4.78, 5) is 0. The van der Waals surface area contributed by atoms with Crippen LogP contribution in [0.5, 0.6) is 0 Å². The van der Waals surface area contributed by atoms with E-state index >= 15 is 0 Å². The predicted molar refractivity (Wildman–Crippen MR) is 107 cm³/mol. The third-order valence-electron chi connectivity index (χ3n) is 6.34. The number of nitrogens with zero attached hydrogens (tertiary/aromatic N) is 1. The summed E-state index contributed by atoms with van der Waals surface area (Å²) in [5, 5.41) is 25.6. The van der Waals surface area contributed by atoms with Crippen molar-refractivity contribution in [1.82, 2.24) is 9.88 Å². The Morgan fingerprint density at radius 3 is 2.83 bits per heavy atom. The third-order valence-corrected chi connectivity index (χ3v) is 6.65. The van der Waals surface area contributed by atoms with Crippen molar-refractivity contribution < 1.29 is 28.1 Å². The number of aromatic nitrogens is 1. The smallest absolute Gasteiger partial charge is 0.389 e. The molecular formula is C21H26ClF3N2O3. The van der Waals surface area contributed by atoms with Gasteiger partial charge in [0.2, 0.25) is 0 Å². The second-order valence-corrected chi connectivity index (χ2v) is 8.89. The largest absolute Gasteiger partial charge is 0.391 e. The van der Waals surface area contributed by atoms with Crippen molar-refractivity contribution in [2.45, 2.75) is 56.2 Å². The molecule has 2 aliphatic rings. The van der Waals surface area contributed by atoms with E-state index in [0.717, 1.165) is 11.9 Å². The van der Waals surface area contributed by atoms with Crippen LogP contribution in [0.2, 0.25) is 5.02 Å². The average molecular weight is 447 g/mol. The highest BCUT2D eigenvalue weighted by Crippen LogP contribution is 2.42. The van der Waals surface area contributed by atoms with Gasteiger partial charge in [0, 0.05) is 30.3 Å². The molecule has 1 aromatic carbocycles. The van der Waals surface area contributed by atoms with Gasteiger partial charge in [-0.25, -0.2) is 0 Å². The van der Waals surface area contributed by atoms with Crippen LogP contribution in [0.3, 0.4) is 0 Å². The quantitative estimate of drug-likeness (QED) is 0.598. The molecule has 3 N–H and O–H groups in total. The molecule has 2 heterocycles. The molecule has 4 atom stereocenters. The van der Waals surface area contributed by atoms with Crippen LogP contribution in [-0.4, -0.2) is 46.3 Å². The van der Waals surface area contributed by atoms with Gasteiger partial charge in [-0.2, -0.15) is 13.2 Å². The number of ether oxygens (including phenoxy) is 1. The number of rotatable bonds is 5. The molecule has 0 amide bonds. The van der Waals surface area contributed by atoms with E-state index in [1.54, 1.807) is 6.07 Å². The zero-order valence-corrected chi connectivity index (χ0v) is 17.2. The summed E-state index contributed by atoms with van der Waals surface area (Å²) in [5.41, 5.74) is -0.113. The molecule has 1 aliphatic carbocycles. The van der Waals surface area contributed by atoms with Crippen LogP contribution in [0.4, 0.5) is 13.2 Å². The average Bonchev–Trinajstić information content (AvgIpc) is 3.34. The lowest BCUT2D eigenvalue weighted by Gasteiger charge is -2.38. The van der Waals surface area contributed by atoms with Gasteiger partial charge in [0.25, 0.3) is 0 Å². The fraction of sp³-hybridized carbons (Fsp3) is 0.619. The van der Waals surface area contributed by atoms with Crippen LogP contribution in [0.15, 0.2) is 24.4 Å². The first-order chi connectivity index (χ1) is 14.2. The van der Waals surface area contributed by atoms with E-state index < -0.39 is 23.9 Å². The first-order valence-electron chi connectivity index (χ1n) is 10.3. The molecule has 0 radical (unpaired) electrons. The molecule has 30 heavy (non-hydrogen) atoms. The normalized spacial score (nSPS) is 28.9. The molecular weight excluding hydrogens is 421 g/mol. The predicted octanol–water partition coefficient (Wildman–Crippen LogP) is 4.32. The number of aliphatic hydroxyl groups excluding tert-OH is 1. The molecule has 1 saturated carbocycles. The molecule has 166 valence electrons. The van der Waals surface area contributed by atoms with Crippen molar-refractivity contribution in [1.29, 1.82) is 0 Å².